The predicted octanol–water partition coefficient (Wildman–Crippen LogP) is 3.16. The Morgan fingerprint density at radius 3 is 2.52 bits per heavy atom. The maximum atomic E-state index is 5.83. The van der Waals surface area contributed by atoms with Crippen LogP contribution in [0.15, 0.2) is 30.5 Å². The number of hydrogen-bond acceptors (Lipinski definition) is 5. The Morgan fingerprint density at radius 1 is 1.19 bits per heavy atom. The fraction of sp³-hybridized carbons (Fsp3) is 0.400. The molecule has 0 radical (unpaired) electrons. The summed E-state index contributed by atoms with van der Waals surface area (Å²) in [4.78, 5) is 9.99. The fourth-order valence-electron chi connectivity index (χ4n) is 2.41. The van der Waals surface area contributed by atoms with Crippen LogP contribution in [0.1, 0.15) is 4.88 Å². The summed E-state index contributed by atoms with van der Waals surface area (Å²) in [6, 6.07) is 8.65. The number of nitrogens with zero attached hydrogens (tertiary/aromatic N) is 3. The molecular weight excluding hydrogens is 304 g/mol. The Kier molecular flexibility index (Phi) is 4.63. The van der Waals surface area contributed by atoms with E-state index in [1.54, 1.807) is 0 Å². The summed E-state index contributed by atoms with van der Waals surface area (Å²) in [6.07, 6.45) is 1.82. The number of nitrogens with one attached hydrogen (secondary N) is 1. The van der Waals surface area contributed by atoms with Crippen LogP contribution in [0.5, 0.6) is 0 Å². The van der Waals surface area contributed by atoms with Crippen LogP contribution >= 0.6 is 22.9 Å². The van der Waals surface area contributed by atoms with Crippen LogP contribution in [-0.2, 0) is 6.54 Å². The molecule has 0 aliphatic carbocycles. The second-order valence-corrected chi connectivity index (χ2v) is 6.97. The first-order valence-corrected chi connectivity index (χ1v) is 8.28. The molecular formula is C15H19ClN4S. The van der Waals surface area contributed by atoms with E-state index in [-0.39, 0.29) is 0 Å². The standard InChI is InChI=1S/C15H19ClN4S/c1-19-6-8-20(9-7-19)13-4-2-12(3-5-13)17-10-14-11-18-15(16)21-14/h2-5,11,17H,6-10H2,1H3. The van der Waals surface area contributed by atoms with Gasteiger partial charge in [0.1, 0.15) is 0 Å². The van der Waals surface area contributed by atoms with Crippen LogP contribution < -0.4 is 10.2 Å². The minimum Gasteiger partial charge on any atom is -0.380 e. The zero-order valence-corrected chi connectivity index (χ0v) is 13.6. The van der Waals surface area contributed by atoms with Gasteiger partial charge >= 0.3 is 0 Å². The lowest BCUT2D eigenvalue weighted by Crippen LogP contribution is -2.44. The second kappa shape index (κ2) is 6.64. The molecule has 0 spiro atoms. The normalized spacial score (nSPS) is 16.2. The number of benzene rings is 1. The molecule has 1 aromatic heterocycles. The summed E-state index contributed by atoms with van der Waals surface area (Å²) in [5.41, 5.74) is 2.42. The van der Waals surface area contributed by atoms with Crippen LogP contribution in [-0.4, -0.2) is 43.1 Å². The number of rotatable bonds is 4. The SMILES string of the molecule is CN1CCN(c2ccc(NCc3cnc(Cl)s3)cc2)CC1. The Morgan fingerprint density at radius 2 is 1.90 bits per heavy atom. The van der Waals surface area contributed by atoms with Gasteiger partial charge in [-0.3, -0.25) is 0 Å². The lowest BCUT2D eigenvalue weighted by atomic mass is 10.2. The number of thiazole rings is 1. The third-order valence-corrected chi connectivity index (χ3v) is 4.84. The topological polar surface area (TPSA) is 31.4 Å². The molecule has 4 nitrogen and oxygen atoms in total. The third kappa shape index (κ3) is 3.87. The van der Waals surface area contributed by atoms with Gasteiger partial charge in [-0.05, 0) is 31.3 Å². The fourth-order valence-corrected chi connectivity index (χ4v) is 3.33. The van der Waals surface area contributed by atoms with Gasteiger partial charge in [0.15, 0.2) is 4.47 Å². The first kappa shape index (κ1) is 14.6. The highest BCUT2D eigenvalue weighted by atomic mass is 35.5. The first-order valence-electron chi connectivity index (χ1n) is 7.08. The molecule has 21 heavy (non-hydrogen) atoms. The lowest BCUT2D eigenvalue weighted by molar-refractivity contribution is 0.313. The molecule has 1 N–H and O–H groups in total. The van der Waals surface area contributed by atoms with Gasteiger partial charge in [-0.2, -0.15) is 0 Å². The molecule has 112 valence electrons. The third-order valence-electron chi connectivity index (χ3n) is 3.73. The molecule has 3 rings (SSSR count). The highest BCUT2D eigenvalue weighted by molar-refractivity contribution is 7.15. The van der Waals surface area contributed by atoms with Gasteiger partial charge in [0.2, 0.25) is 0 Å². The van der Waals surface area contributed by atoms with Crippen LogP contribution in [0, 0.1) is 0 Å². The smallest absolute Gasteiger partial charge is 0.183 e. The Labute approximate surface area is 134 Å². The van der Waals surface area contributed by atoms with E-state index in [0.29, 0.717) is 4.47 Å². The van der Waals surface area contributed by atoms with E-state index in [2.05, 4.69) is 51.4 Å². The molecule has 2 aromatic rings. The number of anilines is 2. The number of hydrogen-bond donors (Lipinski definition) is 1. The molecule has 1 aromatic carbocycles. The van der Waals surface area contributed by atoms with E-state index in [0.717, 1.165) is 43.3 Å². The van der Waals surface area contributed by atoms with E-state index in [1.807, 2.05) is 6.20 Å². The lowest BCUT2D eigenvalue weighted by Gasteiger charge is -2.34. The van der Waals surface area contributed by atoms with E-state index < -0.39 is 0 Å². The average molecular weight is 323 g/mol. The van der Waals surface area contributed by atoms with Crippen molar-refractivity contribution in [2.75, 3.05) is 43.4 Å². The minimum absolute atomic E-state index is 0.595. The molecule has 1 saturated heterocycles. The van der Waals surface area contributed by atoms with Gasteiger partial charge in [0.25, 0.3) is 0 Å². The van der Waals surface area contributed by atoms with Crippen LogP contribution in [0.4, 0.5) is 11.4 Å². The van der Waals surface area contributed by atoms with Gasteiger partial charge in [-0.1, -0.05) is 11.6 Å². The maximum Gasteiger partial charge on any atom is 0.183 e. The largest absolute Gasteiger partial charge is 0.380 e. The predicted molar refractivity (Wildman–Crippen MR) is 90.6 cm³/mol. The number of piperazine rings is 1. The summed E-state index contributed by atoms with van der Waals surface area (Å²) in [7, 11) is 2.18. The molecule has 1 fully saturated rings. The number of halogens is 1. The highest BCUT2D eigenvalue weighted by Gasteiger charge is 2.13. The van der Waals surface area contributed by atoms with Crippen molar-refractivity contribution in [3.63, 3.8) is 0 Å². The molecule has 0 saturated carbocycles. The molecule has 1 aliphatic rings. The van der Waals surface area contributed by atoms with Gasteiger partial charge in [0.05, 0.1) is 6.54 Å². The Balaban J connectivity index is 1.56. The summed E-state index contributed by atoms with van der Waals surface area (Å²) in [5, 5.41) is 3.40. The van der Waals surface area contributed by atoms with E-state index >= 15 is 0 Å². The van der Waals surface area contributed by atoms with Crippen molar-refractivity contribution in [1.82, 2.24) is 9.88 Å². The molecule has 6 heteroatoms. The molecule has 1 aliphatic heterocycles. The van der Waals surface area contributed by atoms with Crippen molar-refractivity contribution >= 4 is 34.3 Å². The van der Waals surface area contributed by atoms with Crippen molar-refractivity contribution in [1.29, 1.82) is 0 Å². The van der Waals surface area contributed by atoms with Gasteiger partial charge in [0, 0.05) is 48.6 Å². The average Bonchev–Trinajstić information content (AvgIpc) is 2.92. The first-order chi connectivity index (χ1) is 10.2. The summed E-state index contributed by atoms with van der Waals surface area (Å²) in [5.74, 6) is 0. The van der Waals surface area contributed by atoms with Crippen LogP contribution in [0.25, 0.3) is 0 Å². The Bertz CT molecular complexity index is 576. The van der Waals surface area contributed by atoms with Gasteiger partial charge in [-0.15, -0.1) is 11.3 Å². The van der Waals surface area contributed by atoms with Crippen molar-refractivity contribution in [3.05, 3.63) is 39.8 Å². The van der Waals surface area contributed by atoms with E-state index in [1.165, 1.54) is 17.0 Å². The van der Waals surface area contributed by atoms with Gasteiger partial charge in [-0.25, -0.2) is 4.98 Å². The molecule has 0 bridgehead atoms. The second-order valence-electron chi connectivity index (χ2n) is 5.27. The van der Waals surface area contributed by atoms with Crippen molar-refractivity contribution < 1.29 is 0 Å². The van der Waals surface area contributed by atoms with Crippen molar-refractivity contribution in [2.24, 2.45) is 0 Å². The Hall–Kier alpha value is -1.30. The van der Waals surface area contributed by atoms with Crippen molar-refractivity contribution in [3.8, 4) is 0 Å². The van der Waals surface area contributed by atoms with Gasteiger partial charge < -0.3 is 15.1 Å². The number of likely N-dealkylation sites (N-methyl/N-ethyl adjacent to an activating group) is 1. The summed E-state index contributed by atoms with van der Waals surface area (Å²) >= 11 is 7.34. The summed E-state index contributed by atoms with van der Waals surface area (Å²) in [6.45, 7) is 5.22. The summed E-state index contributed by atoms with van der Waals surface area (Å²) < 4.78 is 0.595. The van der Waals surface area contributed by atoms with E-state index in [9.17, 15) is 0 Å². The zero-order valence-electron chi connectivity index (χ0n) is 12.1. The van der Waals surface area contributed by atoms with Crippen molar-refractivity contribution in [2.45, 2.75) is 6.54 Å². The van der Waals surface area contributed by atoms with Crippen LogP contribution in [0.2, 0.25) is 4.47 Å². The minimum atomic E-state index is 0.595. The molecule has 0 atom stereocenters. The maximum absolute atomic E-state index is 5.83. The highest BCUT2D eigenvalue weighted by Crippen LogP contribution is 2.21. The zero-order chi connectivity index (χ0) is 14.7. The number of aromatic nitrogens is 1. The monoisotopic (exact) mass is 322 g/mol. The molecule has 0 amide bonds. The molecule has 2 heterocycles. The van der Waals surface area contributed by atoms with Crippen LogP contribution in [0.3, 0.4) is 0 Å². The van der Waals surface area contributed by atoms with E-state index in [4.69, 9.17) is 11.6 Å². The quantitative estimate of drug-likeness (QED) is 0.937. The molecule has 0 unspecified atom stereocenters.